The highest BCUT2D eigenvalue weighted by Gasteiger charge is 2.28. The zero-order valence-corrected chi connectivity index (χ0v) is 12.4. The van der Waals surface area contributed by atoms with E-state index in [2.05, 4.69) is 6.07 Å². The van der Waals surface area contributed by atoms with Crippen molar-refractivity contribution in [3.05, 3.63) is 58.4 Å². The maximum Gasteiger partial charge on any atom is 0.257 e. The summed E-state index contributed by atoms with van der Waals surface area (Å²) in [4.78, 5) is 24.2. The number of fused-ring (bicyclic) bond motifs is 1. The van der Waals surface area contributed by atoms with Crippen LogP contribution in [0.25, 0.3) is 11.1 Å². The first-order valence-electron chi connectivity index (χ1n) is 6.83. The minimum absolute atomic E-state index is 0.0141. The predicted octanol–water partition coefficient (Wildman–Crippen LogP) is 3.14. The molecule has 0 N–H and O–H groups in total. The van der Waals surface area contributed by atoms with Crippen LogP contribution < -0.4 is 0 Å². The fourth-order valence-electron chi connectivity index (χ4n) is 2.68. The fourth-order valence-corrected chi connectivity index (χ4v) is 2.91. The van der Waals surface area contributed by atoms with E-state index in [4.69, 9.17) is 11.6 Å². The van der Waals surface area contributed by atoms with Crippen LogP contribution in [0.1, 0.15) is 15.9 Å². The lowest BCUT2D eigenvalue weighted by Crippen LogP contribution is -2.39. The Hall–Kier alpha value is -2.20. The van der Waals surface area contributed by atoms with E-state index in [1.807, 2.05) is 0 Å². The zero-order chi connectivity index (χ0) is 15.7. The average Bonchev–Trinajstić information content (AvgIpc) is 2.50. The van der Waals surface area contributed by atoms with Crippen molar-refractivity contribution in [1.29, 1.82) is 0 Å². The van der Waals surface area contributed by atoms with Gasteiger partial charge in [-0.25, -0.2) is 4.39 Å². The topological polar surface area (TPSA) is 37.4 Å². The highest BCUT2D eigenvalue weighted by Crippen LogP contribution is 2.32. The maximum absolute atomic E-state index is 14.4. The van der Waals surface area contributed by atoms with Crippen LogP contribution >= 0.6 is 11.6 Å². The van der Waals surface area contributed by atoms with Gasteiger partial charge in [-0.1, -0.05) is 29.8 Å². The van der Waals surface area contributed by atoms with Gasteiger partial charge >= 0.3 is 0 Å². The van der Waals surface area contributed by atoms with Gasteiger partial charge in [0.05, 0.1) is 12.1 Å². The van der Waals surface area contributed by atoms with Crippen LogP contribution in [0.2, 0.25) is 5.02 Å². The average molecular weight is 317 g/mol. The zero-order valence-electron chi connectivity index (χ0n) is 11.6. The van der Waals surface area contributed by atoms with Crippen LogP contribution in [0, 0.1) is 11.9 Å². The minimum Gasteiger partial charge on any atom is -0.331 e. The number of aldehydes is 1. The standard InChI is InChI=1S/C17H12ClFNO2/c18-14-4-2-1-3-13(14)12-9-11-5-6-20(7-8-21)17(22)16(11)15(19)10-12/h1,3-4,8-10H,5-7H2. The van der Waals surface area contributed by atoms with E-state index in [-0.39, 0.29) is 12.1 Å². The number of hydrogen-bond acceptors (Lipinski definition) is 2. The Morgan fingerprint density at radius 3 is 2.95 bits per heavy atom. The number of amides is 1. The van der Waals surface area contributed by atoms with E-state index < -0.39 is 11.7 Å². The van der Waals surface area contributed by atoms with Gasteiger partial charge in [-0.05, 0) is 35.7 Å². The third-order valence-corrected chi connectivity index (χ3v) is 4.06. The molecule has 3 nitrogen and oxygen atoms in total. The van der Waals surface area contributed by atoms with Crippen LogP contribution in [0.15, 0.2) is 30.3 Å². The second-order valence-corrected chi connectivity index (χ2v) is 5.47. The summed E-state index contributed by atoms with van der Waals surface area (Å²) in [6.07, 6.45) is 1.16. The van der Waals surface area contributed by atoms with Crippen LogP contribution in [0.3, 0.4) is 0 Å². The molecule has 1 aliphatic rings. The highest BCUT2D eigenvalue weighted by atomic mass is 35.5. The lowest BCUT2D eigenvalue weighted by atomic mass is 9.93. The quantitative estimate of drug-likeness (QED) is 0.816. The second-order valence-electron chi connectivity index (χ2n) is 5.07. The number of rotatable bonds is 3. The van der Waals surface area contributed by atoms with Gasteiger partial charge in [0.2, 0.25) is 0 Å². The number of halogens is 2. The van der Waals surface area contributed by atoms with Gasteiger partial charge in [0.1, 0.15) is 12.1 Å². The predicted molar refractivity (Wildman–Crippen MR) is 81.4 cm³/mol. The summed E-state index contributed by atoms with van der Waals surface area (Å²) < 4.78 is 14.4. The van der Waals surface area contributed by atoms with Crippen molar-refractivity contribution in [2.24, 2.45) is 0 Å². The van der Waals surface area contributed by atoms with E-state index in [0.717, 1.165) is 0 Å². The van der Waals surface area contributed by atoms with Crippen LogP contribution in [0.5, 0.6) is 0 Å². The van der Waals surface area contributed by atoms with Crippen molar-refractivity contribution >= 4 is 23.8 Å². The minimum atomic E-state index is -0.586. The van der Waals surface area contributed by atoms with E-state index in [1.54, 1.807) is 24.3 Å². The highest BCUT2D eigenvalue weighted by molar-refractivity contribution is 6.33. The third-order valence-electron chi connectivity index (χ3n) is 3.74. The molecule has 0 unspecified atom stereocenters. The fraction of sp³-hybridized carbons (Fsp3) is 0.176. The monoisotopic (exact) mass is 316 g/mol. The lowest BCUT2D eigenvalue weighted by molar-refractivity contribution is -0.108. The molecule has 2 aromatic rings. The first kappa shape index (κ1) is 14.7. The van der Waals surface area contributed by atoms with Crippen molar-refractivity contribution in [2.75, 3.05) is 13.1 Å². The van der Waals surface area contributed by atoms with Crippen molar-refractivity contribution in [2.45, 2.75) is 6.42 Å². The summed E-state index contributed by atoms with van der Waals surface area (Å²) in [5, 5.41) is 0.478. The summed E-state index contributed by atoms with van der Waals surface area (Å²) >= 11 is 6.12. The Kier molecular flexibility index (Phi) is 3.94. The molecular weight excluding hydrogens is 305 g/mol. The van der Waals surface area contributed by atoms with Crippen LogP contribution in [0.4, 0.5) is 4.39 Å². The molecule has 22 heavy (non-hydrogen) atoms. The van der Waals surface area contributed by atoms with Crippen molar-refractivity contribution < 1.29 is 14.0 Å². The molecular formula is C17H12ClFNO2. The summed E-state index contributed by atoms with van der Waals surface area (Å²) in [5.41, 5.74) is 2.03. The molecule has 1 aliphatic heterocycles. The summed E-state index contributed by atoms with van der Waals surface area (Å²) in [5.74, 6) is -1.03. The Labute approximate surface area is 132 Å². The largest absolute Gasteiger partial charge is 0.331 e. The lowest BCUT2D eigenvalue weighted by Gasteiger charge is -2.27. The smallest absolute Gasteiger partial charge is 0.257 e. The first-order chi connectivity index (χ1) is 10.6. The Morgan fingerprint density at radius 2 is 2.23 bits per heavy atom. The molecule has 3 rings (SSSR count). The number of benzene rings is 2. The Balaban J connectivity index is 2.07. The number of carbonyl (C=O) groups is 2. The normalized spacial score (nSPS) is 13.9. The molecule has 0 saturated heterocycles. The van der Waals surface area contributed by atoms with Gasteiger partial charge in [0.15, 0.2) is 0 Å². The molecule has 0 spiro atoms. The first-order valence-corrected chi connectivity index (χ1v) is 7.21. The van der Waals surface area contributed by atoms with Gasteiger partial charge in [0.25, 0.3) is 5.91 Å². The molecule has 1 radical (unpaired) electrons. The molecule has 0 saturated carbocycles. The Bertz CT molecular complexity index is 760. The van der Waals surface area contributed by atoms with Crippen LogP contribution in [-0.4, -0.2) is 30.2 Å². The molecule has 1 amide bonds. The molecule has 1 heterocycles. The van der Waals surface area contributed by atoms with Gasteiger partial charge in [0, 0.05) is 17.1 Å². The molecule has 0 aromatic heterocycles. The maximum atomic E-state index is 14.4. The summed E-state index contributed by atoms with van der Waals surface area (Å²) in [7, 11) is 0. The van der Waals surface area contributed by atoms with Gasteiger partial charge in [-0.2, -0.15) is 0 Å². The Morgan fingerprint density at radius 1 is 1.41 bits per heavy atom. The van der Waals surface area contributed by atoms with Crippen molar-refractivity contribution in [3.8, 4) is 11.1 Å². The number of hydrogen-bond donors (Lipinski definition) is 0. The van der Waals surface area contributed by atoms with E-state index >= 15 is 0 Å². The number of nitrogens with zero attached hydrogens (tertiary/aromatic N) is 1. The SMILES string of the molecule is O=CCN1CCc2cc(-c3cc[c]cc3Cl)cc(F)c2C1=O. The second kappa shape index (κ2) is 5.89. The summed E-state index contributed by atoms with van der Waals surface area (Å²) in [6, 6.07) is 11.0. The molecule has 111 valence electrons. The van der Waals surface area contributed by atoms with E-state index in [9.17, 15) is 14.0 Å². The van der Waals surface area contributed by atoms with Crippen molar-refractivity contribution in [3.63, 3.8) is 0 Å². The molecule has 0 aliphatic carbocycles. The summed E-state index contributed by atoms with van der Waals surface area (Å²) in [6.45, 7) is 0.392. The third kappa shape index (κ3) is 2.50. The molecule has 0 fully saturated rings. The molecule has 2 aromatic carbocycles. The van der Waals surface area contributed by atoms with Crippen molar-refractivity contribution in [1.82, 2.24) is 4.90 Å². The van der Waals surface area contributed by atoms with E-state index in [0.29, 0.717) is 41.0 Å². The molecule has 5 heteroatoms. The number of carbonyl (C=O) groups excluding carboxylic acids is 2. The van der Waals surface area contributed by atoms with Gasteiger partial charge in [-0.15, -0.1) is 0 Å². The molecule has 0 bridgehead atoms. The molecule has 0 atom stereocenters. The van der Waals surface area contributed by atoms with E-state index in [1.165, 1.54) is 11.0 Å². The van der Waals surface area contributed by atoms with Gasteiger partial charge < -0.3 is 9.69 Å². The van der Waals surface area contributed by atoms with Crippen LogP contribution in [-0.2, 0) is 11.2 Å². The van der Waals surface area contributed by atoms with Gasteiger partial charge in [-0.3, -0.25) is 4.79 Å².